The number of methoxy groups -OCH3 is 2. The van der Waals surface area contributed by atoms with Crippen LogP contribution in [0.2, 0.25) is 0 Å². The van der Waals surface area contributed by atoms with E-state index in [0.717, 1.165) is 5.56 Å². The molecule has 0 saturated heterocycles. The second-order valence-electron chi connectivity index (χ2n) is 5.53. The van der Waals surface area contributed by atoms with Gasteiger partial charge in [-0.3, -0.25) is 0 Å². The zero-order valence-corrected chi connectivity index (χ0v) is 16.9. The van der Waals surface area contributed by atoms with Crippen molar-refractivity contribution in [3.63, 3.8) is 0 Å². The van der Waals surface area contributed by atoms with E-state index in [9.17, 15) is 8.42 Å². The molecule has 27 heavy (non-hydrogen) atoms. The molecule has 2 rings (SSSR count). The third kappa shape index (κ3) is 6.91. The molecule has 0 aliphatic heterocycles. The van der Waals surface area contributed by atoms with Gasteiger partial charge in [0.05, 0.1) is 14.2 Å². The Morgan fingerprint density at radius 3 is 2.26 bits per heavy atom. The molecule has 0 saturated carbocycles. The topological polar surface area (TPSA) is 99.9 Å². The minimum Gasteiger partial charge on any atom is -0.495 e. The number of ether oxygens (including phenoxy) is 3. The van der Waals surface area contributed by atoms with Crippen LogP contribution >= 0.6 is 12.4 Å². The number of benzene rings is 2. The number of nitrogens with two attached hydrogens (primary N) is 1. The van der Waals surface area contributed by atoms with Crippen LogP contribution in [-0.2, 0) is 16.4 Å². The van der Waals surface area contributed by atoms with Gasteiger partial charge in [0.1, 0.15) is 17.3 Å². The third-order valence-electron chi connectivity index (χ3n) is 3.73. The monoisotopic (exact) mass is 416 g/mol. The molecule has 9 heteroatoms. The van der Waals surface area contributed by atoms with Crippen LogP contribution < -0.4 is 24.7 Å². The molecule has 3 N–H and O–H groups in total. The van der Waals surface area contributed by atoms with Crippen LogP contribution in [0.15, 0.2) is 47.4 Å². The summed E-state index contributed by atoms with van der Waals surface area (Å²) >= 11 is 0. The van der Waals surface area contributed by atoms with Gasteiger partial charge >= 0.3 is 0 Å². The van der Waals surface area contributed by atoms with Crippen LogP contribution in [-0.4, -0.2) is 42.3 Å². The van der Waals surface area contributed by atoms with E-state index >= 15 is 0 Å². The van der Waals surface area contributed by atoms with Crippen LogP contribution in [0.5, 0.6) is 17.2 Å². The predicted molar refractivity (Wildman–Crippen MR) is 107 cm³/mol. The first-order chi connectivity index (χ1) is 12.5. The van der Waals surface area contributed by atoms with E-state index in [0.29, 0.717) is 37.6 Å². The Kier molecular flexibility index (Phi) is 9.37. The largest absolute Gasteiger partial charge is 0.495 e. The smallest absolute Gasteiger partial charge is 0.241 e. The van der Waals surface area contributed by atoms with Crippen LogP contribution in [0.1, 0.15) is 5.56 Å². The van der Waals surface area contributed by atoms with Crippen molar-refractivity contribution in [3.8, 4) is 17.2 Å². The third-order valence-corrected chi connectivity index (χ3v) is 4.66. The van der Waals surface area contributed by atoms with E-state index in [-0.39, 0.29) is 23.1 Å². The lowest BCUT2D eigenvalue weighted by Crippen LogP contribution is -2.23. The van der Waals surface area contributed by atoms with Gasteiger partial charge in [-0.2, -0.15) is 0 Å². The maximum atomic E-state index is 11.6. The van der Waals surface area contributed by atoms with Gasteiger partial charge in [-0.05, 0) is 42.8 Å². The molecule has 7 nitrogen and oxygen atoms in total. The van der Waals surface area contributed by atoms with Crippen molar-refractivity contribution in [2.75, 3.05) is 33.9 Å². The SMILES string of the molecule is COc1ccccc1OCCNCCc1ccc(OC)c(S(N)(=O)=O)c1.Cl. The summed E-state index contributed by atoms with van der Waals surface area (Å²) < 4.78 is 39.2. The summed E-state index contributed by atoms with van der Waals surface area (Å²) in [7, 11) is -0.810. The first kappa shape index (κ1) is 23.0. The summed E-state index contributed by atoms with van der Waals surface area (Å²) in [5.74, 6) is 1.64. The number of sulfonamides is 1. The second-order valence-corrected chi connectivity index (χ2v) is 7.06. The van der Waals surface area contributed by atoms with Crippen LogP contribution in [0.3, 0.4) is 0 Å². The molecule has 0 heterocycles. The number of hydrogen-bond acceptors (Lipinski definition) is 6. The fourth-order valence-corrected chi connectivity index (χ4v) is 3.18. The molecule has 2 aromatic carbocycles. The summed E-state index contributed by atoms with van der Waals surface area (Å²) in [5.41, 5.74) is 0.855. The average molecular weight is 417 g/mol. The molecule has 0 atom stereocenters. The highest BCUT2D eigenvalue weighted by atomic mass is 35.5. The zero-order chi connectivity index (χ0) is 19.0. The van der Waals surface area contributed by atoms with Gasteiger partial charge in [0.15, 0.2) is 11.5 Å². The number of nitrogens with one attached hydrogen (secondary N) is 1. The Bertz CT molecular complexity index is 830. The van der Waals surface area contributed by atoms with Crippen molar-refractivity contribution >= 4 is 22.4 Å². The predicted octanol–water partition coefficient (Wildman–Crippen LogP) is 1.98. The van der Waals surface area contributed by atoms with Crippen LogP contribution in [0.4, 0.5) is 0 Å². The van der Waals surface area contributed by atoms with Gasteiger partial charge in [0.2, 0.25) is 10.0 Å². The molecule has 0 unspecified atom stereocenters. The maximum Gasteiger partial charge on any atom is 0.241 e. The van der Waals surface area contributed by atoms with Gasteiger partial charge in [-0.25, -0.2) is 13.6 Å². The second kappa shape index (κ2) is 11.0. The van der Waals surface area contributed by atoms with Crippen molar-refractivity contribution in [2.24, 2.45) is 5.14 Å². The Morgan fingerprint density at radius 2 is 1.63 bits per heavy atom. The van der Waals surface area contributed by atoms with E-state index in [1.54, 1.807) is 19.2 Å². The highest BCUT2D eigenvalue weighted by Crippen LogP contribution is 2.25. The molecule has 0 amide bonds. The van der Waals surface area contributed by atoms with Crippen molar-refractivity contribution in [1.82, 2.24) is 5.32 Å². The number of halogens is 1. The van der Waals surface area contributed by atoms with Crippen molar-refractivity contribution in [2.45, 2.75) is 11.3 Å². The lowest BCUT2D eigenvalue weighted by Gasteiger charge is -2.11. The number of para-hydroxylation sites is 2. The number of hydrogen-bond donors (Lipinski definition) is 2. The number of rotatable bonds is 10. The molecule has 150 valence electrons. The van der Waals surface area contributed by atoms with Crippen LogP contribution in [0, 0.1) is 0 Å². The summed E-state index contributed by atoms with van der Waals surface area (Å²) in [5, 5.41) is 8.48. The maximum absolute atomic E-state index is 11.6. The van der Waals surface area contributed by atoms with Crippen LogP contribution in [0.25, 0.3) is 0 Å². The molecule has 0 aromatic heterocycles. The molecule has 0 bridgehead atoms. The van der Waals surface area contributed by atoms with Gasteiger partial charge in [-0.15, -0.1) is 12.4 Å². The first-order valence-corrected chi connectivity index (χ1v) is 9.66. The fourth-order valence-electron chi connectivity index (χ4n) is 2.43. The first-order valence-electron chi connectivity index (χ1n) is 8.12. The van der Waals surface area contributed by atoms with Crippen molar-refractivity contribution in [3.05, 3.63) is 48.0 Å². The van der Waals surface area contributed by atoms with E-state index in [2.05, 4.69) is 5.32 Å². The van der Waals surface area contributed by atoms with Gasteiger partial charge < -0.3 is 19.5 Å². The minimum absolute atomic E-state index is 0. The standard InChI is InChI=1S/C18H24N2O5S.ClH/c1-23-15-5-3-4-6-16(15)25-12-11-20-10-9-14-7-8-17(24-2)18(13-14)26(19,21)22;/h3-8,13,20H,9-12H2,1-2H3,(H2,19,21,22);1H. The highest BCUT2D eigenvalue weighted by Gasteiger charge is 2.15. The lowest BCUT2D eigenvalue weighted by molar-refractivity contribution is 0.292. The molecule has 0 aliphatic rings. The summed E-state index contributed by atoms with van der Waals surface area (Å²) in [6.45, 7) is 1.81. The minimum atomic E-state index is -3.82. The Morgan fingerprint density at radius 1 is 0.963 bits per heavy atom. The Balaban J connectivity index is 0.00000364. The van der Waals surface area contributed by atoms with Crippen molar-refractivity contribution in [1.29, 1.82) is 0 Å². The molecule has 0 spiro atoms. The summed E-state index contributed by atoms with van der Waals surface area (Å²) in [6.07, 6.45) is 0.654. The van der Waals surface area contributed by atoms with Crippen molar-refractivity contribution < 1.29 is 22.6 Å². The van der Waals surface area contributed by atoms with E-state index in [1.807, 2.05) is 30.3 Å². The summed E-state index contributed by atoms with van der Waals surface area (Å²) in [6, 6.07) is 12.4. The number of primary sulfonamides is 1. The molecule has 0 fully saturated rings. The Labute approximate surface area is 166 Å². The van der Waals surface area contributed by atoms with Gasteiger partial charge in [-0.1, -0.05) is 18.2 Å². The molecular formula is C18H25ClN2O5S. The molecule has 0 radical (unpaired) electrons. The average Bonchev–Trinajstić information content (AvgIpc) is 2.64. The zero-order valence-electron chi connectivity index (χ0n) is 15.3. The highest BCUT2D eigenvalue weighted by molar-refractivity contribution is 7.89. The van der Waals surface area contributed by atoms with E-state index in [4.69, 9.17) is 19.3 Å². The van der Waals surface area contributed by atoms with Gasteiger partial charge in [0.25, 0.3) is 0 Å². The van der Waals surface area contributed by atoms with Gasteiger partial charge in [0, 0.05) is 6.54 Å². The Hall–Kier alpha value is -2.00. The summed E-state index contributed by atoms with van der Waals surface area (Å²) in [4.78, 5) is -0.00277. The van der Waals surface area contributed by atoms with E-state index in [1.165, 1.54) is 7.11 Å². The molecular weight excluding hydrogens is 392 g/mol. The quantitative estimate of drug-likeness (QED) is 0.574. The lowest BCUT2D eigenvalue weighted by atomic mass is 10.1. The fraction of sp³-hybridized carbons (Fsp3) is 0.333. The molecule has 0 aliphatic carbocycles. The van der Waals surface area contributed by atoms with E-state index < -0.39 is 10.0 Å². The molecule has 2 aromatic rings. The normalized spacial score (nSPS) is 10.8.